The second kappa shape index (κ2) is 8.08. The van der Waals surface area contributed by atoms with E-state index in [2.05, 4.69) is 5.32 Å². The van der Waals surface area contributed by atoms with Crippen molar-refractivity contribution in [3.8, 4) is 11.5 Å². The smallest absolute Gasteiger partial charge is 0.275 e. The summed E-state index contributed by atoms with van der Waals surface area (Å²) in [6.45, 7) is 3.20. The van der Waals surface area contributed by atoms with Crippen LogP contribution in [0.15, 0.2) is 48.5 Å². The number of ether oxygens (including phenoxy) is 2. The lowest BCUT2D eigenvalue weighted by Gasteiger charge is -2.45. The highest BCUT2D eigenvalue weighted by molar-refractivity contribution is 6.14. The molecule has 3 aliphatic rings. The van der Waals surface area contributed by atoms with Crippen molar-refractivity contribution in [2.75, 3.05) is 18.1 Å². The highest BCUT2D eigenvalue weighted by atomic mass is 16.6. The molecular formula is C27H29N3O4. The summed E-state index contributed by atoms with van der Waals surface area (Å²) in [7, 11) is 0. The predicted octanol–water partition coefficient (Wildman–Crippen LogP) is 4.28. The molecule has 34 heavy (non-hydrogen) atoms. The lowest BCUT2D eigenvalue weighted by molar-refractivity contribution is -0.127. The minimum absolute atomic E-state index is 0.119. The summed E-state index contributed by atoms with van der Waals surface area (Å²) in [5, 5.41) is 4.27. The number of fused-ring (bicyclic) bond motifs is 4. The van der Waals surface area contributed by atoms with E-state index in [1.54, 1.807) is 4.90 Å². The average Bonchev–Trinajstić information content (AvgIpc) is 3.23. The van der Waals surface area contributed by atoms with E-state index in [1.165, 1.54) is 6.42 Å². The van der Waals surface area contributed by atoms with Crippen LogP contribution in [-0.2, 0) is 11.3 Å². The van der Waals surface area contributed by atoms with Crippen LogP contribution in [-0.4, -0.2) is 41.2 Å². The first kappa shape index (κ1) is 21.1. The number of nitrogens with zero attached hydrogens (tertiary/aromatic N) is 2. The summed E-state index contributed by atoms with van der Waals surface area (Å²) in [5.74, 6) is 0.936. The van der Waals surface area contributed by atoms with E-state index < -0.39 is 5.54 Å². The number of aromatic nitrogens is 1. The van der Waals surface area contributed by atoms with Gasteiger partial charge in [0.1, 0.15) is 24.4 Å². The Morgan fingerprint density at radius 3 is 2.59 bits per heavy atom. The number of nitrogens with one attached hydrogen (secondary N) is 1. The van der Waals surface area contributed by atoms with Gasteiger partial charge < -0.3 is 19.4 Å². The number of amides is 2. The molecule has 1 fully saturated rings. The van der Waals surface area contributed by atoms with Crippen LogP contribution in [0.4, 0.5) is 5.69 Å². The molecule has 0 bridgehead atoms. The summed E-state index contributed by atoms with van der Waals surface area (Å²) >= 11 is 0. The molecule has 0 unspecified atom stereocenters. The molecule has 2 aromatic carbocycles. The number of carbonyl (C=O) groups excluding carboxylic acids is 2. The first-order valence-electron chi connectivity index (χ1n) is 12.2. The summed E-state index contributed by atoms with van der Waals surface area (Å²) in [4.78, 5) is 29.6. The standard InChI is InChI=1S/C27H29N3O4/c1-27(26(32)28-19-8-3-2-4-9-19)17-29-21-10-6-5-7-18(21)15-22(29)25(31)30(27)20-11-12-23-24(16-20)34-14-13-33-23/h5-7,10-12,15-16,19H,2-4,8-9,13-14,17H2,1H3,(H,28,32)/t27-/m0/s1. The summed E-state index contributed by atoms with van der Waals surface area (Å²) in [6.07, 6.45) is 5.43. The first-order chi connectivity index (χ1) is 16.5. The van der Waals surface area contributed by atoms with Gasteiger partial charge in [0.15, 0.2) is 11.5 Å². The fourth-order valence-corrected chi connectivity index (χ4v) is 5.61. The third-order valence-corrected chi connectivity index (χ3v) is 7.41. The molecule has 0 saturated heterocycles. The lowest BCUT2D eigenvalue weighted by atomic mass is 9.91. The van der Waals surface area contributed by atoms with Gasteiger partial charge in [-0.25, -0.2) is 0 Å². The Morgan fingerprint density at radius 2 is 1.76 bits per heavy atom. The zero-order chi connectivity index (χ0) is 23.3. The van der Waals surface area contributed by atoms with Crippen LogP contribution in [0.5, 0.6) is 11.5 Å². The molecule has 2 amide bonds. The Labute approximate surface area is 198 Å². The van der Waals surface area contributed by atoms with E-state index in [0.717, 1.165) is 36.6 Å². The van der Waals surface area contributed by atoms with Crippen molar-refractivity contribution in [2.24, 2.45) is 0 Å². The van der Waals surface area contributed by atoms with Crippen LogP contribution >= 0.6 is 0 Å². The Kier molecular flexibility index (Phi) is 5.01. The Hall–Kier alpha value is -3.48. The van der Waals surface area contributed by atoms with Crippen LogP contribution in [0.25, 0.3) is 10.9 Å². The average molecular weight is 460 g/mol. The molecule has 0 radical (unpaired) electrons. The molecule has 2 aliphatic heterocycles. The summed E-state index contributed by atoms with van der Waals surface area (Å²) < 4.78 is 13.5. The zero-order valence-corrected chi connectivity index (χ0v) is 19.4. The van der Waals surface area contributed by atoms with Crippen molar-refractivity contribution >= 4 is 28.4 Å². The fourth-order valence-electron chi connectivity index (χ4n) is 5.61. The van der Waals surface area contributed by atoms with Crippen LogP contribution in [0, 0.1) is 0 Å². The molecule has 1 atom stereocenters. The molecule has 0 spiro atoms. The van der Waals surface area contributed by atoms with E-state index in [9.17, 15) is 9.59 Å². The SMILES string of the molecule is C[C@@]1(C(=O)NC2CCCCC2)Cn2c(cc3ccccc32)C(=O)N1c1ccc2c(c1)OCCO2. The largest absolute Gasteiger partial charge is 0.486 e. The Morgan fingerprint density at radius 1 is 1.00 bits per heavy atom. The maximum Gasteiger partial charge on any atom is 0.275 e. The minimum Gasteiger partial charge on any atom is -0.486 e. The Balaban J connectivity index is 1.46. The van der Waals surface area contributed by atoms with Gasteiger partial charge in [0, 0.05) is 28.7 Å². The van der Waals surface area contributed by atoms with Gasteiger partial charge in [0.25, 0.3) is 5.91 Å². The third kappa shape index (κ3) is 3.33. The lowest BCUT2D eigenvalue weighted by Crippen LogP contribution is -2.65. The first-order valence-corrected chi connectivity index (χ1v) is 12.2. The van der Waals surface area contributed by atoms with E-state index in [1.807, 2.05) is 60.0 Å². The molecule has 1 N–H and O–H groups in total. The topological polar surface area (TPSA) is 72.8 Å². The van der Waals surface area contributed by atoms with Crippen molar-refractivity contribution < 1.29 is 19.1 Å². The molecule has 7 heteroatoms. The van der Waals surface area contributed by atoms with Crippen molar-refractivity contribution in [3.05, 3.63) is 54.2 Å². The van der Waals surface area contributed by atoms with Crippen LogP contribution in [0.3, 0.4) is 0 Å². The highest BCUT2D eigenvalue weighted by Gasteiger charge is 2.49. The maximum atomic E-state index is 14.0. The number of rotatable bonds is 3. The monoisotopic (exact) mass is 459 g/mol. The van der Waals surface area contributed by atoms with E-state index in [0.29, 0.717) is 42.6 Å². The molecule has 176 valence electrons. The Bertz CT molecular complexity index is 1280. The van der Waals surface area contributed by atoms with Gasteiger partial charge >= 0.3 is 0 Å². The van der Waals surface area contributed by atoms with E-state index >= 15 is 0 Å². The number of benzene rings is 2. The van der Waals surface area contributed by atoms with Crippen molar-refractivity contribution in [2.45, 2.75) is 57.2 Å². The number of anilines is 1. The third-order valence-electron chi connectivity index (χ3n) is 7.41. The normalized spacial score (nSPS) is 22.5. The second-order valence-electron chi connectivity index (χ2n) is 9.73. The molecule has 3 heterocycles. The van der Waals surface area contributed by atoms with Gasteiger partial charge in [0.05, 0.1) is 6.54 Å². The predicted molar refractivity (Wildman–Crippen MR) is 130 cm³/mol. The van der Waals surface area contributed by atoms with Crippen molar-refractivity contribution in [1.29, 1.82) is 0 Å². The van der Waals surface area contributed by atoms with Crippen LogP contribution < -0.4 is 19.7 Å². The van der Waals surface area contributed by atoms with Gasteiger partial charge in [-0.05, 0) is 44.0 Å². The minimum atomic E-state index is -1.10. The van der Waals surface area contributed by atoms with Gasteiger partial charge in [-0.2, -0.15) is 0 Å². The second-order valence-corrected chi connectivity index (χ2v) is 9.73. The number of para-hydroxylation sites is 1. The quantitative estimate of drug-likeness (QED) is 0.635. The fraction of sp³-hybridized carbons (Fsp3) is 0.407. The molecule has 6 rings (SSSR count). The van der Waals surface area contributed by atoms with Gasteiger partial charge in [-0.3, -0.25) is 14.5 Å². The van der Waals surface area contributed by atoms with Crippen molar-refractivity contribution in [3.63, 3.8) is 0 Å². The van der Waals surface area contributed by atoms with Crippen LogP contribution in [0.2, 0.25) is 0 Å². The molecule has 1 aliphatic carbocycles. The maximum absolute atomic E-state index is 14.0. The molecule has 7 nitrogen and oxygen atoms in total. The van der Waals surface area contributed by atoms with E-state index in [-0.39, 0.29) is 17.9 Å². The number of hydrogen-bond donors (Lipinski definition) is 1. The molecular weight excluding hydrogens is 430 g/mol. The molecule has 1 saturated carbocycles. The van der Waals surface area contributed by atoms with Gasteiger partial charge in [-0.1, -0.05) is 37.5 Å². The molecule has 3 aromatic rings. The van der Waals surface area contributed by atoms with Crippen LogP contribution in [0.1, 0.15) is 49.5 Å². The zero-order valence-electron chi connectivity index (χ0n) is 19.4. The highest BCUT2D eigenvalue weighted by Crippen LogP contribution is 2.40. The van der Waals surface area contributed by atoms with Crippen molar-refractivity contribution in [1.82, 2.24) is 9.88 Å². The number of hydrogen-bond acceptors (Lipinski definition) is 4. The van der Waals surface area contributed by atoms with E-state index in [4.69, 9.17) is 9.47 Å². The van der Waals surface area contributed by atoms with Gasteiger partial charge in [0.2, 0.25) is 5.91 Å². The number of carbonyl (C=O) groups is 2. The summed E-state index contributed by atoms with van der Waals surface area (Å²) in [6, 6.07) is 15.5. The molecule has 1 aromatic heterocycles. The van der Waals surface area contributed by atoms with Gasteiger partial charge in [-0.15, -0.1) is 0 Å². The summed E-state index contributed by atoms with van der Waals surface area (Å²) in [5.41, 5.74) is 1.07.